The Balaban J connectivity index is 2.60. The molecule has 114 valence electrons. The zero-order valence-electron chi connectivity index (χ0n) is 10.9. The number of nitrogens with zero attached hydrogens (tertiary/aromatic N) is 1. The molecule has 5 N–H and O–H groups in total. The second-order valence-electron chi connectivity index (χ2n) is 4.18. The lowest BCUT2D eigenvalue weighted by Gasteiger charge is -2.13. The van der Waals surface area contributed by atoms with Gasteiger partial charge in [0.05, 0.1) is 6.42 Å². The highest BCUT2D eigenvalue weighted by Gasteiger charge is 2.21. The Kier molecular flexibility index (Phi) is 5.40. The Hall–Kier alpha value is -2.91. The van der Waals surface area contributed by atoms with Gasteiger partial charge in [0.25, 0.3) is 5.56 Å². The van der Waals surface area contributed by atoms with Crippen LogP contribution in [-0.2, 0) is 20.9 Å². The van der Waals surface area contributed by atoms with E-state index in [4.69, 9.17) is 10.8 Å². The molecule has 0 spiro atoms. The fourth-order valence-corrected chi connectivity index (χ4v) is 1.51. The fraction of sp³-hybridized carbons (Fsp3) is 0.364. The van der Waals surface area contributed by atoms with Crippen LogP contribution >= 0.6 is 0 Å². The molecule has 1 heterocycles. The van der Waals surface area contributed by atoms with E-state index in [1.807, 2.05) is 4.98 Å². The Morgan fingerprint density at radius 2 is 2.05 bits per heavy atom. The molecule has 0 aliphatic rings. The number of nitrogens with two attached hydrogens (primary N) is 1. The van der Waals surface area contributed by atoms with Crippen molar-refractivity contribution in [3.8, 4) is 0 Å². The number of carbonyl (C=O) groups excluding carboxylic acids is 2. The van der Waals surface area contributed by atoms with Crippen molar-refractivity contribution in [1.29, 1.82) is 0 Å². The van der Waals surface area contributed by atoms with Crippen LogP contribution in [0.3, 0.4) is 0 Å². The maximum absolute atomic E-state index is 11.6. The second-order valence-corrected chi connectivity index (χ2v) is 4.18. The van der Waals surface area contributed by atoms with Crippen molar-refractivity contribution in [2.24, 2.45) is 5.73 Å². The number of aliphatic carboxylic acids is 1. The minimum absolute atomic E-state index is 0.0512. The number of hydrogen-bond acceptors (Lipinski definition) is 5. The van der Waals surface area contributed by atoms with Crippen LogP contribution in [0.5, 0.6) is 0 Å². The molecule has 0 radical (unpaired) electrons. The van der Waals surface area contributed by atoms with E-state index in [2.05, 4.69) is 5.32 Å². The maximum Gasteiger partial charge on any atom is 0.328 e. The van der Waals surface area contributed by atoms with E-state index >= 15 is 0 Å². The molecular formula is C11H14N4O6. The molecule has 0 saturated heterocycles. The molecule has 0 fully saturated rings. The Morgan fingerprint density at radius 1 is 1.38 bits per heavy atom. The zero-order chi connectivity index (χ0) is 16.0. The van der Waals surface area contributed by atoms with E-state index in [1.165, 1.54) is 6.20 Å². The highest BCUT2D eigenvalue weighted by atomic mass is 16.4. The highest BCUT2D eigenvalue weighted by molar-refractivity contribution is 5.88. The summed E-state index contributed by atoms with van der Waals surface area (Å²) < 4.78 is 1.09. The van der Waals surface area contributed by atoms with Gasteiger partial charge >= 0.3 is 11.7 Å². The van der Waals surface area contributed by atoms with Gasteiger partial charge in [0, 0.05) is 25.2 Å². The van der Waals surface area contributed by atoms with Crippen LogP contribution in [-0.4, -0.2) is 38.5 Å². The highest BCUT2D eigenvalue weighted by Crippen LogP contribution is 1.94. The van der Waals surface area contributed by atoms with Crippen molar-refractivity contribution in [1.82, 2.24) is 14.9 Å². The van der Waals surface area contributed by atoms with Crippen molar-refractivity contribution < 1.29 is 19.5 Å². The number of H-pyrrole nitrogens is 1. The molecule has 1 aromatic rings. The van der Waals surface area contributed by atoms with Crippen LogP contribution < -0.4 is 22.3 Å². The maximum atomic E-state index is 11.6. The number of rotatable bonds is 7. The van der Waals surface area contributed by atoms with Gasteiger partial charge < -0.3 is 20.7 Å². The van der Waals surface area contributed by atoms with Gasteiger partial charge in [-0.05, 0) is 0 Å². The quantitative estimate of drug-likeness (QED) is 0.430. The van der Waals surface area contributed by atoms with E-state index in [1.54, 1.807) is 0 Å². The van der Waals surface area contributed by atoms with E-state index in [-0.39, 0.29) is 13.0 Å². The average molecular weight is 298 g/mol. The number of aromatic nitrogens is 2. The number of carbonyl (C=O) groups is 3. The van der Waals surface area contributed by atoms with Gasteiger partial charge in [-0.15, -0.1) is 0 Å². The smallest absolute Gasteiger partial charge is 0.328 e. The third kappa shape index (κ3) is 5.30. The molecule has 10 heteroatoms. The number of amides is 2. The van der Waals surface area contributed by atoms with Gasteiger partial charge in [-0.1, -0.05) is 0 Å². The average Bonchev–Trinajstić information content (AvgIpc) is 2.36. The van der Waals surface area contributed by atoms with Crippen LogP contribution in [0.25, 0.3) is 0 Å². The molecule has 21 heavy (non-hydrogen) atoms. The number of carboxylic acids is 1. The number of carboxylic acid groups (broad SMARTS) is 1. The minimum atomic E-state index is -1.41. The van der Waals surface area contributed by atoms with Gasteiger partial charge in [0.15, 0.2) is 0 Å². The number of aryl methyl sites for hydroxylation is 1. The molecule has 0 saturated carbocycles. The van der Waals surface area contributed by atoms with Gasteiger partial charge in [-0.3, -0.25) is 19.4 Å². The van der Waals surface area contributed by atoms with Gasteiger partial charge in [0.2, 0.25) is 11.8 Å². The summed E-state index contributed by atoms with van der Waals surface area (Å²) in [7, 11) is 0. The van der Waals surface area contributed by atoms with E-state index in [0.29, 0.717) is 0 Å². The van der Waals surface area contributed by atoms with Crippen molar-refractivity contribution in [3.63, 3.8) is 0 Å². The second kappa shape index (κ2) is 7.03. The van der Waals surface area contributed by atoms with Crippen LogP contribution in [0.15, 0.2) is 21.9 Å². The van der Waals surface area contributed by atoms with Crippen molar-refractivity contribution in [2.45, 2.75) is 25.4 Å². The topological polar surface area (TPSA) is 164 Å². The summed E-state index contributed by atoms with van der Waals surface area (Å²) in [5, 5.41) is 10.9. The van der Waals surface area contributed by atoms with Crippen LogP contribution in [0, 0.1) is 0 Å². The van der Waals surface area contributed by atoms with Gasteiger partial charge in [-0.2, -0.15) is 0 Å². The molecule has 2 amide bonds. The summed E-state index contributed by atoms with van der Waals surface area (Å²) in [6.45, 7) is -0.0512. The van der Waals surface area contributed by atoms with E-state index in [0.717, 1.165) is 10.6 Å². The van der Waals surface area contributed by atoms with Gasteiger partial charge in [0.1, 0.15) is 6.04 Å². The van der Waals surface area contributed by atoms with Crippen LogP contribution in [0.2, 0.25) is 0 Å². The van der Waals surface area contributed by atoms with Crippen LogP contribution in [0.1, 0.15) is 12.8 Å². The first-order valence-corrected chi connectivity index (χ1v) is 5.90. The molecule has 0 aliphatic heterocycles. The lowest BCUT2D eigenvalue weighted by molar-refractivity contribution is -0.143. The van der Waals surface area contributed by atoms with E-state index < -0.39 is 41.5 Å². The first kappa shape index (κ1) is 16.1. The lowest BCUT2D eigenvalue weighted by Crippen LogP contribution is -2.43. The predicted octanol–water partition coefficient (Wildman–Crippen LogP) is -2.63. The Labute approximate surface area is 117 Å². The van der Waals surface area contributed by atoms with Crippen molar-refractivity contribution in [3.05, 3.63) is 33.1 Å². The van der Waals surface area contributed by atoms with Gasteiger partial charge in [-0.25, -0.2) is 9.59 Å². The molecular weight excluding hydrogens is 284 g/mol. The third-order valence-electron chi connectivity index (χ3n) is 2.52. The summed E-state index contributed by atoms with van der Waals surface area (Å²) in [6, 6.07) is -0.297. The summed E-state index contributed by atoms with van der Waals surface area (Å²) in [5.41, 5.74) is 3.63. The monoisotopic (exact) mass is 298 g/mol. The summed E-state index contributed by atoms with van der Waals surface area (Å²) in [6.07, 6.45) is 0.487. The first-order chi connectivity index (χ1) is 9.79. The number of primary amides is 1. The molecule has 0 aromatic carbocycles. The summed E-state index contributed by atoms with van der Waals surface area (Å²) in [5.74, 6) is -2.91. The normalized spacial score (nSPS) is 11.6. The van der Waals surface area contributed by atoms with Crippen molar-refractivity contribution >= 4 is 17.8 Å². The molecule has 10 nitrogen and oxygen atoms in total. The minimum Gasteiger partial charge on any atom is -0.480 e. The van der Waals surface area contributed by atoms with Crippen molar-refractivity contribution in [2.75, 3.05) is 0 Å². The molecule has 1 aromatic heterocycles. The standard InChI is InChI=1S/C11H14N4O6/c12-7(16)5-6(10(19)20)13-8(17)1-3-15-4-2-9(18)14-11(15)21/h2,4,6H,1,3,5H2,(H2,12,16)(H,13,17)(H,19,20)(H,14,18,21). The predicted molar refractivity (Wildman–Crippen MR) is 69.3 cm³/mol. The molecule has 1 unspecified atom stereocenters. The summed E-state index contributed by atoms with van der Waals surface area (Å²) >= 11 is 0. The fourth-order valence-electron chi connectivity index (χ4n) is 1.51. The van der Waals surface area contributed by atoms with E-state index in [9.17, 15) is 24.0 Å². The molecule has 0 bridgehead atoms. The number of aromatic amines is 1. The Bertz CT molecular complexity index is 661. The molecule has 0 aliphatic carbocycles. The zero-order valence-corrected chi connectivity index (χ0v) is 10.9. The lowest BCUT2D eigenvalue weighted by atomic mass is 10.2. The van der Waals surface area contributed by atoms with Crippen LogP contribution in [0.4, 0.5) is 0 Å². The third-order valence-corrected chi connectivity index (χ3v) is 2.52. The molecule has 1 atom stereocenters. The first-order valence-electron chi connectivity index (χ1n) is 5.90. The SMILES string of the molecule is NC(=O)CC(NC(=O)CCn1ccc(=O)[nH]c1=O)C(=O)O. The number of nitrogens with one attached hydrogen (secondary N) is 2. The number of hydrogen-bond donors (Lipinski definition) is 4. The summed E-state index contributed by atoms with van der Waals surface area (Å²) in [4.78, 5) is 57.3. The Morgan fingerprint density at radius 3 is 2.57 bits per heavy atom. The largest absolute Gasteiger partial charge is 0.480 e. The molecule has 1 rings (SSSR count).